The Kier molecular flexibility index (Phi) is 10.7. The van der Waals surface area contributed by atoms with Crippen LogP contribution >= 0.6 is 37.9 Å². The molecule has 122 valence electrons. The molecule has 7 nitrogen and oxygen atoms in total. The van der Waals surface area contributed by atoms with Gasteiger partial charge in [-0.1, -0.05) is 0 Å². The van der Waals surface area contributed by atoms with Crippen molar-refractivity contribution in [3.05, 3.63) is 0 Å². The molecular weight excluding hydrogens is 332 g/mol. The number of hydrogen-bond donors (Lipinski definition) is 6. The van der Waals surface area contributed by atoms with Gasteiger partial charge in [-0.05, 0) is 0 Å². The van der Waals surface area contributed by atoms with Crippen LogP contribution in [0.3, 0.4) is 0 Å². The average molecular weight is 355 g/mol. The van der Waals surface area contributed by atoms with Gasteiger partial charge < -0.3 is 16.4 Å². The van der Waals surface area contributed by atoms with Crippen LogP contribution in [0.25, 0.3) is 0 Å². The molecule has 0 heterocycles. The lowest BCUT2D eigenvalue weighted by Gasteiger charge is -2.29. The summed E-state index contributed by atoms with van der Waals surface area (Å²) in [5.74, 6) is -0.502. The van der Waals surface area contributed by atoms with E-state index in [1.54, 1.807) is 4.90 Å². The van der Waals surface area contributed by atoms with E-state index in [9.17, 15) is 14.4 Å². The molecule has 0 aromatic rings. The van der Waals surface area contributed by atoms with Crippen LogP contribution in [0.4, 0.5) is 0 Å². The van der Waals surface area contributed by atoms with Crippen molar-refractivity contribution in [1.29, 1.82) is 0 Å². The summed E-state index contributed by atoms with van der Waals surface area (Å²) in [6, 6.07) is -1.34. The normalized spacial score (nSPS) is 13.6. The highest BCUT2D eigenvalue weighted by Gasteiger charge is 2.27. The minimum Gasteiger partial charge on any atom is -0.370 e. The molecule has 0 aliphatic heterocycles. The minimum atomic E-state index is -0.730. The molecular formula is C11H22N4O3S3. The van der Waals surface area contributed by atoms with E-state index in [1.807, 2.05) is 0 Å². The maximum Gasteiger partial charge on any atom is 0.243 e. The van der Waals surface area contributed by atoms with Crippen molar-refractivity contribution in [3.63, 3.8) is 0 Å². The number of hydrogen-bond acceptors (Lipinski definition) is 7. The molecule has 0 aliphatic carbocycles. The average Bonchev–Trinajstić information content (AvgIpc) is 2.47. The third-order valence-corrected chi connectivity index (χ3v) is 3.88. The van der Waals surface area contributed by atoms with Crippen LogP contribution in [-0.4, -0.2) is 65.7 Å². The Balaban J connectivity index is 4.77. The molecule has 0 radical (unpaired) electrons. The summed E-state index contributed by atoms with van der Waals surface area (Å²) in [5.41, 5.74) is 5.10. The van der Waals surface area contributed by atoms with E-state index in [2.05, 4.69) is 48.5 Å². The molecule has 0 aromatic heterocycles. The molecule has 0 bridgehead atoms. The van der Waals surface area contributed by atoms with Crippen molar-refractivity contribution < 1.29 is 14.4 Å². The Morgan fingerprint density at radius 1 is 1.14 bits per heavy atom. The second-order valence-electron chi connectivity index (χ2n) is 4.23. The van der Waals surface area contributed by atoms with Crippen molar-refractivity contribution in [3.8, 4) is 0 Å². The number of primary amides is 1. The zero-order chi connectivity index (χ0) is 16.4. The first-order valence-corrected chi connectivity index (χ1v) is 8.17. The zero-order valence-corrected chi connectivity index (χ0v) is 14.5. The first kappa shape index (κ1) is 20.4. The monoisotopic (exact) mass is 354 g/mol. The highest BCUT2D eigenvalue weighted by molar-refractivity contribution is 7.80. The number of nitrogens with two attached hydrogens (primary N) is 1. The van der Waals surface area contributed by atoms with E-state index in [0.717, 1.165) is 0 Å². The van der Waals surface area contributed by atoms with E-state index in [1.165, 1.54) is 7.05 Å². The van der Waals surface area contributed by atoms with Gasteiger partial charge in [0.2, 0.25) is 17.7 Å². The van der Waals surface area contributed by atoms with Gasteiger partial charge in [-0.25, -0.2) is 0 Å². The van der Waals surface area contributed by atoms with Crippen molar-refractivity contribution >= 4 is 55.6 Å². The lowest BCUT2D eigenvalue weighted by Crippen LogP contribution is -2.55. The molecule has 0 unspecified atom stereocenters. The Morgan fingerprint density at radius 3 is 2.14 bits per heavy atom. The highest BCUT2D eigenvalue weighted by atomic mass is 32.1. The zero-order valence-electron chi connectivity index (χ0n) is 11.8. The van der Waals surface area contributed by atoms with Gasteiger partial charge in [0.05, 0.1) is 6.04 Å². The van der Waals surface area contributed by atoms with Crippen LogP contribution < -0.4 is 16.4 Å². The lowest BCUT2D eigenvalue weighted by atomic mass is 10.2. The summed E-state index contributed by atoms with van der Waals surface area (Å²) in [4.78, 5) is 36.3. The molecule has 21 heavy (non-hydrogen) atoms. The topological polar surface area (TPSA) is 105 Å². The van der Waals surface area contributed by atoms with E-state index in [0.29, 0.717) is 6.54 Å². The van der Waals surface area contributed by atoms with Crippen LogP contribution in [0.2, 0.25) is 0 Å². The Labute approximate surface area is 141 Å². The summed E-state index contributed by atoms with van der Waals surface area (Å²) in [7, 11) is 1.48. The summed E-state index contributed by atoms with van der Waals surface area (Å²) in [6.07, 6.45) is 0.115. The maximum atomic E-state index is 12.2. The number of thiol groups is 3. The van der Waals surface area contributed by atoms with Crippen LogP contribution in [0.15, 0.2) is 0 Å². The molecule has 0 aliphatic rings. The molecule has 3 amide bonds. The first-order valence-electron chi connectivity index (χ1n) is 6.28. The standard InChI is InChI=1S/C11H22N4O3S3/c1-13-10(17)7(4-19)14-11(18)8(5-20)15(6-21)3-2-9(12)16/h7-8,19-21H,2-6H2,1H3,(H2,12,16)(H,13,17)(H,14,18)/t7-,8-/m1/s1. The molecule has 10 heteroatoms. The van der Waals surface area contributed by atoms with Crippen LogP contribution in [0, 0.1) is 0 Å². The molecule has 4 N–H and O–H groups in total. The van der Waals surface area contributed by atoms with Crippen molar-refractivity contribution in [1.82, 2.24) is 15.5 Å². The summed E-state index contributed by atoms with van der Waals surface area (Å²) < 4.78 is 0. The number of rotatable bonds is 10. The fourth-order valence-corrected chi connectivity index (χ4v) is 2.57. The first-order chi connectivity index (χ1) is 9.90. The third-order valence-electron chi connectivity index (χ3n) is 2.81. The van der Waals surface area contributed by atoms with Crippen molar-refractivity contribution in [2.24, 2.45) is 5.73 Å². The fourth-order valence-electron chi connectivity index (χ4n) is 1.58. The van der Waals surface area contributed by atoms with Crippen LogP contribution in [-0.2, 0) is 14.4 Å². The highest BCUT2D eigenvalue weighted by Crippen LogP contribution is 2.06. The number of carbonyl (C=O) groups excluding carboxylic acids is 3. The van der Waals surface area contributed by atoms with E-state index < -0.39 is 18.0 Å². The largest absolute Gasteiger partial charge is 0.370 e. The van der Waals surface area contributed by atoms with Crippen LogP contribution in [0.5, 0.6) is 0 Å². The van der Waals surface area contributed by atoms with Gasteiger partial charge in [0, 0.05) is 37.4 Å². The molecule has 0 aromatic carbocycles. The number of nitrogens with one attached hydrogen (secondary N) is 2. The van der Waals surface area contributed by atoms with E-state index in [4.69, 9.17) is 5.73 Å². The molecule has 2 atom stereocenters. The molecule has 0 rings (SSSR count). The van der Waals surface area contributed by atoms with E-state index >= 15 is 0 Å². The predicted molar refractivity (Wildman–Crippen MR) is 91.9 cm³/mol. The Morgan fingerprint density at radius 2 is 1.76 bits per heavy atom. The summed E-state index contributed by atoms with van der Waals surface area (Å²) in [6.45, 7) is 0.295. The predicted octanol–water partition coefficient (Wildman–Crippen LogP) is -1.49. The second-order valence-corrected chi connectivity index (χ2v) is 5.24. The Hall–Kier alpha value is -0.580. The summed E-state index contributed by atoms with van der Waals surface area (Å²) >= 11 is 12.3. The quantitative estimate of drug-likeness (QED) is 0.212. The minimum absolute atomic E-state index is 0.115. The Bertz CT molecular complexity index is 371. The summed E-state index contributed by atoms with van der Waals surface area (Å²) in [5, 5.41) is 5.05. The lowest BCUT2D eigenvalue weighted by molar-refractivity contribution is -0.130. The number of nitrogens with zero attached hydrogens (tertiary/aromatic N) is 1. The third kappa shape index (κ3) is 7.30. The number of amides is 3. The van der Waals surface area contributed by atoms with Gasteiger partial charge in [0.1, 0.15) is 6.04 Å². The molecule has 0 saturated carbocycles. The van der Waals surface area contributed by atoms with E-state index in [-0.39, 0.29) is 35.6 Å². The number of likely N-dealkylation sites (N-methyl/N-ethyl adjacent to an activating group) is 1. The maximum absolute atomic E-state index is 12.2. The van der Waals surface area contributed by atoms with Gasteiger partial charge in [0.15, 0.2) is 0 Å². The van der Waals surface area contributed by atoms with Gasteiger partial charge in [-0.3, -0.25) is 19.3 Å². The van der Waals surface area contributed by atoms with Gasteiger partial charge in [-0.15, -0.1) is 0 Å². The second kappa shape index (κ2) is 11.0. The van der Waals surface area contributed by atoms with Gasteiger partial charge in [0.25, 0.3) is 0 Å². The smallest absolute Gasteiger partial charge is 0.243 e. The van der Waals surface area contributed by atoms with Crippen molar-refractivity contribution in [2.45, 2.75) is 18.5 Å². The fraction of sp³-hybridized carbons (Fsp3) is 0.727. The van der Waals surface area contributed by atoms with Gasteiger partial charge in [-0.2, -0.15) is 37.9 Å². The number of carbonyl (C=O) groups is 3. The van der Waals surface area contributed by atoms with Crippen LogP contribution in [0.1, 0.15) is 6.42 Å². The molecule has 0 saturated heterocycles. The van der Waals surface area contributed by atoms with Gasteiger partial charge >= 0.3 is 0 Å². The molecule has 0 fully saturated rings. The SMILES string of the molecule is CNC(=O)[C@@H](CS)NC(=O)[C@@H](CS)N(CS)CCC(N)=O. The van der Waals surface area contributed by atoms with Crippen molar-refractivity contribution in [2.75, 3.05) is 31.0 Å². The molecule has 0 spiro atoms.